The molecule has 0 bridgehead atoms. The first kappa shape index (κ1) is 29.1. The molecule has 46 heavy (non-hydrogen) atoms. The van der Waals surface area contributed by atoms with Crippen LogP contribution in [0.3, 0.4) is 0 Å². The Bertz CT molecular complexity index is 2070. The summed E-state index contributed by atoms with van der Waals surface area (Å²) in [6.07, 6.45) is 1.47. The van der Waals surface area contributed by atoms with E-state index in [-0.39, 0.29) is 5.56 Å². The highest BCUT2D eigenvalue weighted by Crippen LogP contribution is 2.43. The lowest BCUT2D eigenvalue weighted by molar-refractivity contribution is 0.451. The first-order valence-electron chi connectivity index (χ1n) is 14.7. The Morgan fingerprint density at radius 1 is 0.674 bits per heavy atom. The van der Waals surface area contributed by atoms with Crippen LogP contribution in [0, 0.1) is 0 Å². The Kier molecular flexibility index (Phi) is 7.82. The van der Waals surface area contributed by atoms with Crippen LogP contribution in [0.15, 0.2) is 155 Å². The number of benzene rings is 5. The van der Waals surface area contributed by atoms with E-state index in [2.05, 4.69) is 73.8 Å². The third-order valence-corrected chi connectivity index (χ3v) is 8.94. The molecule has 8 nitrogen and oxygen atoms in total. The van der Waals surface area contributed by atoms with Gasteiger partial charge in [-0.3, -0.25) is 4.79 Å². The molecule has 0 amide bonds. The molecule has 0 aliphatic heterocycles. The SMILES string of the molecule is Nc1cnn(Cc2ccc(-c3ccccc3-c3nnnn3C(c3ccccc3)(c3ccccc3)c3ccccc3)cc2)c(=O)c1Br. The van der Waals surface area contributed by atoms with Crippen molar-refractivity contribution in [2.45, 2.75) is 12.1 Å². The molecular formula is C37H28BrN7O. The highest BCUT2D eigenvalue weighted by molar-refractivity contribution is 9.10. The predicted molar refractivity (Wildman–Crippen MR) is 183 cm³/mol. The van der Waals surface area contributed by atoms with Crippen molar-refractivity contribution in [1.29, 1.82) is 0 Å². The van der Waals surface area contributed by atoms with Gasteiger partial charge in [0.05, 0.1) is 18.4 Å². The standard InChI is InChI=1S/C37H28BrN7O/c38-34-33(39)24-40-44(36(34)46)25-26-20-22-27(23-21-26)31-18-10-11-19-32(31)35-41-42-43-45(35)37(28-12-4-1-5-13-28,29-14-6-2-7-15-29)30-16-8-3-9-17-30/h1-24H,25,39H2. The number of tetrazole rings is 1. The zero-order chi connectivity index (χ0) is 31.5. The van der Waals surface area contributed by atoms with Gasteiger partial charge in [0, 0.05) is 5.56 Å². The minimum atomic E-state index is -0.868. The molecule has 0 aliphatic rings. The van der Waals surface area contributed by atoms with Gasteiger partial charge in [0.2, 0.25) is 0 Å². The molecule has 0 saturated heterocycles. The molecular weight excluding hydrogens is 638 g/mol. The van der Waals surface area contributed by atoms with E-state index in [4.69, 9.17) is 10.9 Å². The van der Waals surface area contributed by atoms with Crippen molar-refractivity contribution >= 4 is 21.6 Å². The van der Waals surface area contributed by atoms with Gasteiger partial charge in [-0.15, -0.1) is 5.10 Å². The zero-order valence-corrected chi connectivity index (χ0v) is 26.2. The summed E-state index contributed by atoms with van der Waals surface area (Å²) in [4.78, 5) is 12.6. The molecule has 0 spiro atoms. The van der Waals surface area contributed by atoms with Gasteiger partial charge in [0.1, 0.15) is 10.0 Å². The summed E-state index contributed by atoms with van der Waals surface area (Å²) in [7, 11) is 0. The van der Waals surface area contributed by atoms with E-state index < -0.39 is 5.54 Å². The van der Waals surface area contributed by atoms with Crippen LogP contribution >= 0.6 is 15.9 Å². The van der Waals surface area contributed by atoms with E-state index in [0.29, 0.717) is 22.5 Å². The Morgan fingerprint density at radius 2 is 1.20 bits per heavy atom. The number of halogens is 1. The first-order valence-corrected chi connectivity index (χ1v) is 15.5. The lowest BCUT2D eigenvalue weighted by Gasteiger charge is -2.36. The maximum absolute atomic E-state index is 12.6. The highest BCUT2D eigenvalue weighted by atomic mass is 79.9. The van der Waals surface area contributed by atoms with E-state index in [1.807, 2.05) is 102 Å². The Balaban J connectivity index is 1.37. The van der Waals surface area contributed by atoms with Gasteiger partial charge in [-0.05, 0) is 59.7 Å². The van der Waals surface area contributed by atoms with Gasteiger partial charge in [-0.2, -0.15) is 5.10 Å². The largest absolute Gasteiger partial charge is 0.396 e. The van der Waals surface area contributed by atoms with Crippen LogP contribution in [0.5, 0.6) is 0 Å². The molecule has 2 aromatic heterocycles. The lowest BCUT2D eigenvalue weighted by atomic mass is 9.77. The number of nitrogens with zero attached hydrogens (tertiary/aromatic N) is 6. The molecule has 0 radical (unpaired) electrons. The number of hydrogen-bond donors (Lipinski definition) is 1. The second-order valence-electron chi connectivity index (χ2n) is 10.8. The number of rotatable bonds is 8. The fourth-order valence-electron chi connectivity index (χ4n) is 5.97. The number of hydrogen-bond acceptors (Lipinski definition) is 6. The number of aromatic nitrogens is 6. The second kappa shape index (κ2) is 12.4. The summed E-state index contributed by atoms with van der Waals surface area (Å²) in [6.45, 7) is 0.311. The number of nitrogen functional groups attached to an aromatic ring is 1. The summed E-state index contributed by atoms with van der Waals surface area (Å²) in [6, 6.07) is 47.2. The van der Waals surface area contributed by atoms with Gasteiger partial charge >= 0.3 is 0 Å². The van der Waals surface area contributed by atoms with Crippen LogP contribution in [0.1, 0.15) is 22.3 Å². The molecule has 2 heterocycles. The van der Waals surface area contributed by atoms with Crippen LogP contribution in [0.4, 0.5) is 5.69 Å². The minimum Gasteiger partial charge on any atom is -0.396 e. The Hall–Kier alpha value is -5.67. The molecule has 0 fully saturated rings. The molecule has 7 rings (SSSR count). The minimum absolute atomic E-state index is 0.278. The van der Waals surface area contributed by atoms with Crippen molar-refractivity contribution in [3.8, 4) is 22.5 Å². The molecule has 2 N–H and O–H groups in total. The summed E-state index contributed by atoms with van der Waals surface area (Å²) in [5, 5.41) is 17.8. The number of nitrogens with two attached hydrogens (primary N) is 1. The van der Waals surface area contributed by atoms with E-state index in [9.17, 15) is 4.79 Å². The van der Waals surface area contributed by atoms with Crippen molar-refractivity contribution in [2.75, 3.05) is 5.73 Å². The Labute approximate surface area is 273 Å². The van der Waals surface area contributed by atoms with Gasteiger partial charge < -0.3 is 5.73 Å². The van der Waals surface area contributed by atoms with Gasteiger partial charge in [0.15, 0.2) is 5.82 Å². The maximum Gasteiger partial charge on any atom is 0.283 e. The van der Waals surface area contributed by atoms with Crippen LogP contribution < -0.4 is 11.3 Å². The van der Waals surface area contributed by atoms with Gasteiger partial charge in [-0.1, -0.05) is 140 Å². The molecule has 7 aromatic rings. The molecule has 0 aliphatic carbocycles. The van der Waals surface area contributed by atoms with Crippen molar-refractivity contribution in [1.82, 2.24) is 30.0 Å². The second-order valence-corrected chi connectivity index (χ2v) is 11.6. The maximum atomic E-state index is 12.6. The van der Waals surface area contributed by atoms with Crippen LogP contribution in [0.2, 0.25) is 0 Å². The van der Waals surface area contributed by atoms with Crippen LogP contribution in [-0.4, -0.2) is 30.0 Å². The van der Waals surface area contributed by atoms with Crippen LogP contribution in [0.25, 0.3) is 22.5 Å². The topological polar surface area (TPSA) is 105 Å². The van der Waals surface area contributed by atoms with Gasteiger partial charge in [0.25, 0.3) is 5.56 Å². The fourth-order valence-corrected chi connectivity index (χ4v) is 6.28. The van der Waals surface area contributed by atoms with Crippen molar-refractivity contribution in [3.63, 3.8) is 0 Å². The van der Waals surface area contributed by atoms with Crippen LogP contribution in [-0.2, 0) is 12.1 Å². The monoisotopic (exact) mass is 665 g/mol. The van der Waals surface area contributed by atoms with E-state index in [1.54, 1.807) is 0 Å². The smallest absolute Gasteiger partial charge is 0.283 e. The Morgan fingerprint density at radius 3 is 1.76 bits per heavy atom. The number of anilines is 1. The molecule has 0 saturated carbocycles. The summed E-state index contributed by atoms with van der Waals surface area (Å²) < 4.78 is 3.63. The highest BCUT2D eigenvalue weighted by Gasteiger charge is 2.42. The van der Waals surface area contributed by atoms with Gasteiger partial charge in [-0.25, -0.2) is 9.36 Å². The molecule has 0 unspecified atom stereocenters. The van der Waals surface area contributed by atoms with Crippen molar-refractivity contribution < 1.29 is 0 Å². The summed E-state index contributed by atoms with van der Waals surface area (Å²) in [5.74, 6) is 0.624. The quantitative estimate of drug-likeness (QED) is 0.179. The normalized spacial score (nSPS) is 11.4. The molecule has 0 atom stereocenters. The zero-order valence-electron chi connectivity index (χ0n) is 24.6. The fraction of sp³-hybridized carbons (Fsp3) is 0.0541. The average molecular weight is 667 g/mol. The third kappa shape index (κ3) is 5.10. The average Bonchev–Trinajstić information content (AvgIpc) is 3.61. The lowest BCUT2D eigenvalue weighted by Crippen LogP contribution is -2.39. The van der Waals surface area contributed by atoms with Crippen molar-refractivity contribution in [3.05, 3.63) is 183 Å². The van der Waals surface area contributed by atoms with Crippen molar-refractivity contribution in [2.24, 2.45) is 0 Å². The molecule has 5 aromatic carbocycles. The van der Waals surface area contributed by atoms with E-state index in [1.165, 1.54) is 10.9 Å². The third-order valence-electron chi connectivity index (χ3n) is 8.14. The molecule has 9 heteroatoms. The summed E-state index contributed by atoms with van der Waals surface area (Å²) >= 11 is 3.26. The first-order chi connectivity index (χ1) is 22.6. The predicted octanol–water partition coefficient (Wildman–Crippen LogP) is 6.80. The van der Waals surface area contributed by atoms with E-state index >= 15 is 0 Å². The summed E-state index contributed by atoms with van der Waals surface area (Å²) in [5.41, 5.74) is 11.8. The molecule has 224 valence electrons. The van der Waals surface area contributed by atoms with E-state index in [0.717, 1.165) is 38.9 Å².